The van der Waals surface area contributed by atoms with Crippen LogP contribution < -0.4 is 4.74 Å². The van der Waals surface area contributed by atoms with E-state index in [0.717, 1.165) is 25.6 Å². The highest BCUT2D eigenvalue weighted by Gasteiger charge is 2.33. The Morgan fingerprint density at radius 2 is 1.83 bits per heavy atom. The van der Waals surface area contributed by atoms with Crippen molar-refractivity contribution in [3.63, 3.8) is 0 Å². The summed E-state index contributed by atoms with van der Waals surface area (Å²) in [6.07, 6.45) is 3.59. The van der Waals surface area contributed by atoms with Crippen molar-refractivity contribution in [3.05, 3.63) is 42.0 Å². The van der Waals surface area contributed by atoms with Gasteiger partial charge < -0.3 is 9.64 Å². The number of ether oxygens (including phenoxy) is 1. The van der Waals surface area contributed by atoms with E-state index in [4.69, 9.17) is 4.74 Å². The monoisotopic (exact) mass is 331 g/mol. The van der Waals surface area contributed by atoms with Gasteiger partial charge in [-0.3, -0.25) is 0 Å². The minimum absolute atomic E-state index is 0.174. The molecule has 2 aliphatic rings. The van der Waals surface area contributed by atoms with Crippen molar-refractivity contribution in [2.24, 2.45) is 5.92 Å². The van der Waals surface area contributed by atoms with E-state index in [2.05, 4.69) is 15.1 Å². The van der Waals surface area contributed by atoms with E-state index in [1.54, 1.807) is 12.1 Å². The molecule has 2 saturated heterocycles. The second-order valence-electron chi connectivity index (χ2n) is 6.56. The quantitative estimate of drug-likeness (QED) is 0.865. The number of hydrogen-bond acceptors (Lipinski definition) is 4. The molecule has 24 heavy (non-hydrogen) atoms. The van der Waals surface area contributed by atoms with Gasteiger partial charge in [0.1, 0.15) is 17.7 Å². The molecule has 1 aromatic heterocycles. The van der Waals surface area contributed by atoms with Crippen LogP contribution in [0.5, 0.6) is 5.88 Å². The topological polar surface area (TPSA) is 38.2 Å². The fourth-order valence-electron chi connectivity index (χ4n) is 3.69. The Morgan fingerprint density at radius 1 is 1.00 bits per heavy atom. The molecule has 126 valence electrons. The molecule has 3 unspecified atom stereocenters. The molecule has 2 fully saturated rings. The summed E-state index contributed by atoms with van der Waals surface area (Å²) < 4.78 is 32.6. The number of fused-ring (bicyclic) bond motifs is 2. The van der Waals surface area contributed by atoms with Crippen LogP contribution in [0.4, 0.5) is 8.78 Å². The van der Waals surface area contributed by atoms with Crippen LogP contribution in [0.3, 0.4) is 0 Å². The Morgan fingerprint density at radius 3 is 2.58 bits per heavy atom. The number of rotatable bonds is 3. The smallest absolute Gasteiger partial charge is 0.233 e. The van der Waals surface area contributed by atoms with Gasteiger partial charge in [-0.25, -0.2) is 8.78 Å². The largest absolute Gasteiger partial charge is 0.473 e. The average Bonchev–Trinajstić information content (AvgIpc) is 2.58. The van der Waals surface area contributed by atoms with Gasteiger partial charge in [0.25, 0.3) is 0 Å². The van der Waals surface area contributed by atoms with E-state index in [0.29, 0.717) is 23.1 Å². The zero-order chi connectivity index (χ0) is 16.5. The highest BCUT2D eigenvalue weighted by molar-refractivity contribution is 5.58. The lowest BCUT2D eigenvalue weighted by molar-refractivity contribution is 0.0123. The van der Waals surface area contributed by atoms with Crippen molar-refractivity contribution < 1.29 is 13.5 Å². The van der Waals surface area contributed by atoms with Gasteiger partial charge in [0.05, 0.1) is 5.69 Å². The first-order chi connectivity index (χ1) is 11.7. The summed E-state index contributed by atoms with van der Waals surface area (Å²) in [5.41, 5.74) is 0.792. The highest BCUT2D eigenvalue weighted by Crippen LogP contribution is 2.29. The minimum Gasteiger partial charge on any atom is -0.473 e. The normalized spacial score (nSPS) is 26.2. The van der Waals surface area contributed by atoms with E-state index in [1.165, 1.54) is 31.5 Å². The molecular formula is C18H19F2N3O. The Labute approximate surface area is 139 Å². The highest BCUT2D eigenvalue weighted by atomic mass is 19.1. The van der Waals surface area contributed by atoms with Crippen LogP contribution in [0.1, 0.15) is 19.3 Å². The van der Waals surface area contributed by atoms with Crippen LogP contribution >= 0.6 is 0 Å². The van der Waals surface area contributed by atoms with E-state index in [9.17, 15) is 8.78 Å². The van der Waals surface area contributed by atoms with E-state index in [-0.39, 0.29) is 6.10 Å². The molecule has 0 saturated carbocycles. The predicted molar refractivity (Wildman–Crippen MR) is 85.6 cm³/mol. The molecule has 2 bridgehead atoms. The van der Waals surface area contributed by atoms with Crippen LogP contribution in [0, 0.1) is 17.6 Å². The van der Waals surface area contributed by atoms with Crippen molar-refractivity contribution in [2.45, 2.75) is 25.4 Å². The maximum Gasteiger partial charge on any atom is 0.233 e. The van der Waals surface area contributed by atoms with Crippen LogP contribution in [-0.2, 0) is 0 Å². The molecule has 2 aliphatic heterocycles. The van der Waals surface area contributed by atoms with Gasteiger partial charge in [-0.2, -0.15) is 0 Å². The molecular weight excluding hydrogens is 312 g/mol. The summed E-state index contributed by atoms with van der Waals surface area (Å²) >= 11 is 0. The maximum atomic E-state index is 13.3. The third-order valence-electron chi connectivity index (χ3n) is 4.87. The third-order valence-corrected chi connectivity index (χ3v) is 4.87. The predicted octanol–water partition coefficient (Wildman–Crippen LogP) is 3.28. The zero-order valence-corrected chi connectivity index (χ0v) is 13.3. The lowest BCUT2D eigenvalue weighted by Crippen LogP contribution is -2.49. The lowest BCUT2D eigenvalue weighted by Gasteiger charge is -2.42. The molecule has 0 aliphatic carbocycles. The maximum absolute atomic E-state index is 13.3. The van der Waals surface area contributed by atoms with Gasteiger partial charge >= 0.3 is 0 Å². The summed E-state index contributed by atoms with van der Waals surface area (Å²) in [4.78, 5) is 2.49. The van der Waals surface area contributed by atoms with Crippen molar-refractivity contribution in [1.82, 2.24) is 15.1 Å². The van der Waals surface area contributed by atoms with Crippen molar-refractivity contribution in [3.8, 4) is 17.1 Å². The number of halogens is 2. The molecule has 2 aromatic rings. The Balaban J connectivity index is 1.47. The summed E-state index contributed by atoms with van der Waals surface area (Å²) in [7, 11) is 0. The molecule has 6 heteroatoms. The third kappa shape index (κ3) is 3.24. The van der Waals surface area contributed by atoms with Crippen molar-refractivity contribution in [1.29, 1.82) is 0 Å². The summed E-state index contributed by atoms with van der Waals surface area (Å²) in [5.74, 6) is -0.238. The van der Waals surface area contributed by atoms with Gasteiger partial charge in [-0.05, 0) is 44.0 Å². The molecule has 0 spiro atoms. The number of benzene rings is 1. The van der Waals surface area contributed by atoms with E-state index >= 15 is 0 Å². The van der Waals surface area contributed by atoms with Gasteiger partial charge in [-0.1, -0.05) is 0 Å². The van der Waals surface area contributed by atoms with E-state index < -0.39 is 11.6 Å². The SMILES string of the molecule is Fc1cc(F)cc(-c2ccc(OC3CCN4CCCC3C4)nn2)c1. The van der Waals surface area contributed by atoms with Crippen molar-refractivity contribution in [2.75, 3.05) is 19.6 Å². The second kappa shape index (κ2) is 6.43. The van der Waals surface area contributed by atoms with Crippen LogP contribution in [0.25, 0.3) is 11.3 Å². The summed E-state index contributed by atoms with van der Waals surface area (Å²) in [6, 6.07) is 6.73. The minimum atomic E-state index is -0.629. The molecule has 4 rings (SSSR count). The first kappa shape index (κ1) is 15.4. The number of piperidine rings is 2. The average molecular weight is 331 g/mol. The summed E-state index contributed by atoms with van der Waals surface area (Å²) in [5, 5.41) is 8.14. The van der Waals surface area contributed by atoms with Gasteiger partial charge in [0, 0.05) is 36.7 Å². The van der Waals surface area contributed by atoms with E-state index in [1.807, 2.05) is 0 Å². The van der Waals surface area contributed by atoms with Crippen LogP contribution in [0.2, 0.25) is 0 Å². The molecule has 0 amide bonds. The summed E-state index contributed by atoms with van der Waals surface area (Å²) in [6.45, 7) is 3.36. The standard InChI is InChI=1S/C18H19F2N3O/c19-14-8-13(9-15(20)10-14)16-3-4-18(22-21-16)24-17-5-7-23-6-1-2-12(17)11-23/h3-4,8-10,12,17H,1-2,5-7,11H2. The van der Waals surface area contributed by atoms with Gasteiger partial charge in [0.15, 0.2) is 0 Å². The van der Waals surface area contributed by atoms with Gasteiger partial charge in [0.2, 0.25) is 5.88 Å². The lowest BCUT2D eigenvalue weighted by atomic mass is 9.87. The molecule has 0 radical (unpaired) electrons. The first-order valence-corrected chi connectivity index (χ1v) is 8.36. The Bertz CT molecular complexity index is 702. The number of aromatic nitrogens is 2. The second-order valence-corrected chi connectivity index (χ2v) is 6.56. The fourth-order valence-corrected chi connectivity index (χ4v) is 3.69. The molecule has 3 atom stereocenters. The Hall–Kier alpha value is -2.08. The molecule has 4 nitrogen and oxygen atoms in total. The molecule has 0 N–H and O–H groups in total. The Kier molecular flexibility index (Phi) is 4.14. The first-order valence-electron chi connectivity index (χ1n) is 8.36. The number of nitrogens with zero attached hydrogens (tertiary/aromatic N) is 3. The fraction of sp³-hybridized carbons (Fsp3) is 0.444. The zero-order valence-electron chi connectivity index (χ0n) is 13.3. The van der Waals surface area contributed by atoms with Crippen LogP contribution in [-0.4, -0.2) is 40.8 Å². The molecule has 3 heterocycles. The van der Waals surface area contributed by atoms with Gasteiger partial charge in [-0.15, -0.1) is 10.2 Å². The number of hydrogen-bond donors (Lipinski definition) is 0. The molecule has 1 aromatic carbocycles. The van der Waals surface area contributed by atoms with Crippen LogP contribution in [0.15, 0.2) is 30.3 Å². The van der Waals surface area contributed by atoms with Crippen molar-refractivity contribution >= 4 is 0 Å².